The summed E-state index contributed by atoms with van der Waals surface area (Å²) in [5.74, 6) is 0.373. The van der Waals surface area contributed by atoms with Gasteiger partial charge >= 0.3 is 0 Å². The van der Waals surface area contributed by atoms with Crippen molar-refractivity contribution in [3.05, 3.63) is 58.3 Å². The Labute approximate surface area is 124 Å². The number of halogens is 1. The molecule has 0 aliphatic carbocycles. The van der Waals surface area contributed by atoms with E-state index in [1.54, 1.807) is 12.3 Å². The van der Waals surface area contributed by atoms with Crippen LogP contribution in [0.1, 0.15) is 16.1 Å². The molecule has 1 aromatic carbocycles. The van der Waals surface area contributed by atoms with E-state index in [1.165, 1.54) is 0 Å². The van der Waals surface area contributed by atoms with Crippen molar-refractivity contribution >= 4 is 38.6 Å². The van der Waals surface area contributed by atoms with Crippen molar-refractivity contribution < 1.29 is 4.79 Å². The van der Waals surface area contributed by atoms with Crippen LogP contribution < -0.4 is 5.32 Å². The predicted octanol–water partition coefficient (Wildman–Crippen LogP) is 3.89. The average molecular weight is 330 g/mol. The number of nitrogens with zero attached hydrogens (tertiary/aromatic N) is 1. The molecule has 1 amide bonds. The number of pyridine rings is 1. The second-order valence-corrected chi connectivity index (χ2v) is 5.32. The SMILES string of the molecule is Cc1nc(NC(=O)c2c[nH]c3ccccc23)ccc1Br. The molecule has 3 rings (SSSR count). The van der Waals surface area contributed by atoms with Gasteiger partial charge in [-0.15, -0.1) is 0 Å². The normalized spacial score (nSPS) is 10.7. The summed E-state index contributed by atoms with van der Waals surface area (Å²) >= 11 is 3.39. The minimum absolute atomic E-state index is 0.170. The predicted molar refractivity (Wildman–Crippen MR) is 82.9 cm³/mol. The minimum Gasteiger partial charge on any atom is -0.360 e. The molecule has 0 unspecified atom stereocenters. The van der Waals surface area contributed by atoms with Gasteiger partial charge in [-0.2, -0.15) is 0 Å². The number of para-hydroxylation sites is 1. The number of aromatic amines is 1. The van der Waals surface area contributed by atoms with Crippen LogP contribution in [-0.2, 0) is 0 Å². The van der Waals surface area contributed by atoms with Gasteiger partial charge in [0.25, 0.3) is 5.91 Å². The van der Waals surface area contributed by atoms with Crippen molar-refractivity contribution in [1.29, 1.82) is 0 Å². The number of aryl methyl sites for hydroxylation is 1. The van der Waals surface area contributed by atoms with Gasteiger partial charge in [0.2, 0.25) is 0 Å². The van der Waals surface area contributed by atoms with E-state index in [0.717, 1.165) is 21.1 Å². The number of benzene rings is 1. The zero-order chi connectivity index (χ0) is 14.1. The van der Waals surface area contributed by atoms with E-state index >= 15 is 0 Å². The second-order valence-electron chi connectivity index (χ2n) is 4.47. The highest BCUT2D eigenvalue weighted by Gasteiger charge is 2.12. The van der Waals surface area contributed by atoms with Gasteiger partial charge in [0.15, 0.2) is 0 Å². The molecule has 4 nitrogen and oxygen atoms in total. The van der Waals surface area contributed by atoms with Crippen LogP contribution in [0.4, 0.5) is 5.82 Å². The molecule has 2 aromatic heterocycles. The molecule has 0 saturated carbocycles. The summed E-state index contributed by atoms with van der Waals surface area (Å²) < 4.78 is 0.919. The van der Waals surface area contributed by atoms with Gasteiger partial charge in [-0.05, 0) is 41.1 Å². The van der Waals surface area contributed by atoms with Crippen LogP contribution in [0, 0.1) is 6.92 Å². The van der Waals surface area contributed by atoms with Gasteiger partial charge in [0.1, 0.15) is 5.82 Å². The number of rotatable bonds is 2. The molecule has 0 spiro atoms. The molecule has 3 aromatic rings. The Balaban J connectivity index is 1.91. The summed E-state index contributed by atoms with van der Waals surface area (Å²) in [6, 6.07) is 11.3. The van der Waals surface area contributed by atoms with Crippen LogP contribution in [0.25, 0.3) is 10.9 Å². The van der Waals surface area contributed by atoms with Crippen LogP contribution >= 0.6 is 15.9 Å². The molecule has 0 aliphatic rings. The van der Waals surface area contributed by atoms with E-state index in [0.29, 0.717) is 11.4 Å². The van der Waals surface area contributed by atoms with Crippen LogP contribution in [0.5, 0.6) is 0 Å². The highest BCUT2D eigenvalue weighted by atomic mass is 79.9. The number of hydrogen-bond donors (Lipinski definition) is 2. The van der Waals surface area contributed by atoms with Gasteiger partial charge in [0, 0.05) is 21.6 Å². The molecule has 2 N–H and O–H groups in total. The number of carbonyl (C=O) groups is 1. The van der Waals surface area contributed by atoms with E-state index < -0.39 is 0 Å². The van der Waals surface area contributed by atoms with E-state index in [9.17, 15) is 4.79 Å². The molecule has 0 aliphatic heterocycles. The molecule has 2 heterocycles. The fraction of sp³-hybridized carbons (Fsp3) is 0.0667. The first kappa shape index (κ1) is 12.9. The lowest BCUT2D eigenvalue weighted by Crippen LogP contribution is -2.12. The summed E-state index contributed by atoms with van der Waals surface area (Å²) in [4.78, 5) is 19.7. The van der Waals surface area contributed by atoms with Crippen molar-refractivity contribution in [3.8, 4) is 0 Å². The molecule has 0 radical (unpaired) electrons. The second kappa shape index (κ2) is 5.09. The van der Waals surface area contributed by atoms with Crippen LogP contribution in [-0.4, -0.2) is 15.9 Å². The van der Waals surface area contributed by atoms with Crippen LogP contribution in [0.2, 0.25) is 0 Å². The third kappa shape index (κ3) is 2.32. The van der Waals surface area contributed by atoms with Gasteiger partial charge in [-0.3, -0.25) is 4.79 Å². The number of H-pyrrole nitrogens is 1. The van der Waals surface area contributed by atoms with Crippen molar-refractivity contribution in [1.82, 2.24) is 9.97 Å². The standard InChI is InChI=1S/C15H12BrN3O/c1-9-12(16)6-7-14(18-9)19-15(20)11-8-17-13-5-3-2-4-10(11)13/h2-8,17H,1H3,(H,18,19,20). The van der Waals surface area contributed by atoms with Gasteiger partial charge in [-0.1, -0.05) is 18.2 Å². The monoisotopic (exact) mass is 329 g/mol. The molecule has 0 saturated heterocycles. The molecule has 100 valence electrons. The highest BCUT2D eigenvalue weighted by molar-refractivity contribution is 9.10. The topological polar surface area (TPSA) is 57.8 Å². The lowest BCUT2D eigenvalue weighted by Gasteiger charge is -2.05. The maximum absolute atomic E-state index is 12.3. The fourth-order valence-electron chi connectivity index (χ4n) is 2.06. The zero-order valence-corrected chi connectivity index (χ0v) is 12.4. The largest absolute Gasteiger partial charge is 0.360 e. The highest BCUT2D eigenvalue weighted by Crippen LogP contribution is 2.20. The molecule has 0 fully saturated rings. The number of aromatic nitrogens is 2. The number of hydrogen-bond acceptors (Lipinski definition) is 2. The Morgan fingerprint density at radius 1 is 1.25 bits per heavy atom. The smallest absolute Gasteiger partial charge is 0.258 e. The number of amides is 1. The Kier molecular flexibility index (Phi) is 3.28. The third-order valence-corrected chi connectivity index (χ3v) is 3.93. The molecule has 5 heteroatoms. The summed E-state index contributed by atoms with van der Waals surface area (Å²) in [5, 5.41) is 3.72. The van der Waals surface area contributed by atoms with Crippen LogP contribution in [0.15, 0.2) is 47.1 Å². The first-order valence-corrected chi connectivity index (χ1v) is 6.95. The molecule has 0 atom stereocenters. The number of fused-ring (bicyclic) bond motifs is 1. The Hall–Kier alpha value is -2.14. The molecular formula is C15H12BrN3O. The number of anilines is 1. The number of carbonyl (C=O) groups excluding carboxylic acids is 1. The Morgan fingerprint density at radius 3 is 2.85 bits per heavy atom. The quantitative estimate of drug-likeness (QED) is 0.749. The average Bonchev–Trinajstić information content (AvgIpc) is 2.87. The first-order valence-electron chi connectivity index (χ1n) is 6.16. The van der Waals surface area contributed by atoms with E-state index in [4.69, 9.17) is 0 Å². The Bertz CT molecular complexity index is 795. The van der Waals surface area contributed by atoms with Gasteiger partial charge in [0.05, 0.1) is 11.3 Å². The van der Waals surface area contributed by atoms with Crippen molar-refractivity contribution in [3.63, 3.8) is 0 Å². The van der Waals surface area contributed by atoms with E-state index in [-0.39, 0.29) is 5.91 Å². The van der Waals surface area contributed by atoms with Crippen LogP contribution in [0.3, 0.4) is 0 Å². The third-order valence-electron chi connectivity index (χ3n) is 3.10. The maximum atomic E-state index is 12.3. The summed E-state index contributed by atoms with van der Waals surface area (Å²) in [6.45, 7) is 1.88. The summed E-state index contributed by atoms with van der Waals surface area (Å²) in [6.07, 6.45) is 1.71. The molecule has 20 heavy (non-hydrogen) atoms. The molecule has 0 bridgehead atoms. The van der Waals surface area contributed by atoms with E-state index in [2.05, 4.69) is 31.2 Å². The number of nitrogens with one attached hydrogen (secondary N) is 2. The lowest BCUT2D eigenvalue weighted by atomic mass is 10.1. The molecular weight excluding hydrogens is 318 g/mol. The van der Waals surface area contributed by atoms with Crippen molar-refractivity contribution in [2.75, 3.05) is 5.32 Å². The zero-order valence-electron chi connectivity index (χ0n) is 10.8. The summed E-state index contributed by atoms with van der Waals surface area (Å²) in [7, 11) is 0. The first-order chi connectivity index (χ1) is 9.65. The fourth-order valence-corrected chi connectivity index (χ4v) is 2.28. The van der Waals surface area contributed by atoms with Crippen molar-refractivity contribution in [2.24, 2.45) is 0 Å². The van der Waals surface area contributed by atoms with Gasteiger partial charge < -0.3 is 10.3 Å². The van der Waals surface area contributed by atoms with Gasteiger partial charge in [-0.25, -0.2) is 4.98 Å². The Morgan fingerprint density at radius 2 is 2.05 bits per heavy atom. The minimum atomic E-state index is -0.170. The maximum Gasteiger partial charge on any atom is 0.258 e. The lowest BCUT2D eigenvalue weighted by molar-refractivity contribution is 0.102. The van der Waals surface area contributed by atoms with Crippen molar-refractivity contribution in [2.45, 2.75) is 6.92 Å². The van der Waals surface area contributed by atoms with E-state index in [1.807, 2.05) is 37.3 Å². The summed E-state index contributed by atoms with van der Waals surface area (Å²) in [5.41, 5.74) is 2.39.